The summed E-state index contributed by atoms with van der Waals surface area (Å²) >= 11 is 0. The summed E-state index contributed by atoms with van der Waals surface area (Å²) in [7, 11) is 1.32. The molecule has 2 aromatic rings. The van der Waals surface area contributed by atoms with Crippen LogP contribution in [0.25, 0.3) is 0 Å². The molecule has 6 atom stereocenters. The average molecular weight is 580 g/mol. The third-order valence-electron chi connectivity index (χ3n) is 7.81. The van der Waals surface area contributed by atoms with Crippen LogP contribution < -0.4 is 10.5 Å². The highest BCUT2D eigenvalue weighted by atomic mass is 35.5. The zero-order valence-electron chi connectivity index (χ0n) is 21.6. The standard InChI is InChI=1S/C27H29NO11.ClH/c1-10-22(31)13(28)6-17(38-10)39-15-8-27(36,16(30)9-29)7-12-19(15)26(35)21-20(24(12)33)23(32)11-4-3-5-14(37-2)18(11)25(21)34;/h3-5,10,13,15,17,22,29,31,33,35-36H,6-9,28H2,1-2H3;1H/t10-,13-,15-,17?,22+,27-;/m0./s1. The molecule has 5 rings (SSSR count). The van der Waals surface area contributed by atoms with E-state index in [1.807, 2.05) is 0 Å². The number of halogens is 1. The van der Waals surface area contributed by atoms with Crippen molar-refractivity contribution in [3.05, 3.63) is 51.6 Å². The number of Topliss-reactive ketones (excluding diaryl/α,β-unsaturated/α-hetero) is 1. The number of hydrogen-bond donors (Lipinski definition) is 6. The Morgan fingerprint density at radius 2 is 1.82 bits per heavy atom. The molecule has 40 heavy (non-hydrogen) atoms. The number of fused-ring (bicyclic) bond motifs is 3. The van der Waals surface area contributed by atoms with Crippen LogP contribution in [0.5, 0.6) is 17.2 Å². The predicted molar refractivity (Wildman–Crippen MR) is 139 cm³/mol. The van der Waals surface area contributed by atoms with Crippen molar-refractivity contribution in [3.8, 4) is 17.2 Å². The monoisotopic (exact) mass is 579 g/mol. The number of carbonyl (C=O) groups excluding carboxylic acids is 3. The average Bonchev–Trinajstić information content (AvgIpc) is 2.90. The van der Waals surface area contributed by atoms with Crippen molar-refractivity contribution in [3.63, 3.8) is 0 Å². The number of phenolic OH excluding ortho intramolecular Hbond substituents is 2. The molecule has 1 saturated heterocycles. The van der Waals surface area contributed by atoms with Gasteiger partial charge in [-0.25, -0.2) is 0 Å². The summed E-state index contributed by atoms with van der Waals surface area (Å²) in [5.74, 6) is -3.77. The normalized spacial score (nSPS) is 29.1. The quantitative estimate of drug-likeness (QED) is 0.227. The third-order valence-corrected chi connectivity index (χ3v) is 7.81. The van der Waals surface area contributed by atoms with Gasteiger partial charge in [0.1, 0.15) is 29.5 Å². The van der Waals surface area contributed by atoms with Crippen molar-refractivity contribution >= 4 is 29.8 Å². The minimum absolute atomic E-state index is 0. The van der Waals surface area contributed by atoms with Crippen molar-refractivity contribution in [1.29, 1.82) is 0 Å². The Morgan fingerprint density at radius 1 is 1.15 bits per heavy atom. The molecule has 1 unspecified atom stereocenters. The molecule has 0 radical (unpaired) electrons. The number of benzene rings is 2. The predicted octanol–water partition coefficient (Wildman–Crippen LogP) is 0.423. The highest BCUT2D eigenvalue weighted by Gasteiger charge is 2.50. The molecule has 216 valence electrons. The lowest BCUT2D eigenvalue weighted by Gasteiger charge is -2.42. The molecule has 0 spiro atoms. The lowest BCUT2D eigenvalue weighted by Crippen LogP contribution is -2.53. The first-order valence-electron chi connectivity index (χ1n) is 12.4. The van der Waals surface area contributed by atoms with E-state index in [1.165, 1.54) is 25.3 Å². The number of ketones is 3. The number of aliphatic hydroxyl groups excluding tert-OH is 2. The first-order chi connectivity index (χ1) is 18.4. The molecular weight excluding hydrogens is 550 g/mol. The Kier molecular flexibility index (Phi) is 8.00. The number of ether oxygens (including phenoxy) is 3. The van der Waals surface area contributed by atoms with Crippen LogP contribution in [-0.4, -0.2) is 86.7 Å². The molecule has 12 nitrogen and oxygen atoms in total. The van der Waals surface area contributed by atoms with Crippen LogP contribution in [0.15, 0.2) is 18.2 Å². The number of methoxy groups -OCH3 is 1. The Bertz CT molecular complexity index is 1380. The topological polar surface area (TPSA) is 206 Å². The van der Waals surface area contributed by atoms with Crippen molar-refractivity contribution in [2.24, 2.45) is 5.73 Å². The van der Waals surface area contributed by atoms with Gasteiger partial charge in [-0.1, -0.05) is 12.1 Å². The summed E-state index contributed by atoms with van der Waals surface area (Å²) in [5.41, 5.74) is 2.37. The molecular formula is C27H30ClNO11. The highest BCUT2D eigenvalue weighted by molar-refractivity contribution is 6.31. The number of hydrogen-bond acceptors (Lipinski definition) is 12. The molecule has 0 bridgehead atoms. The van der Waals surface area contributed by atoms with Crippen LogP contribution in [0.4, 0.5) is 0 Å². The number of nitrogens with two attached hydrogens (primary N) is 1. The summed E-state index contributed by atoms with van der Waals surface area (Å²) in [6.45, 7) is 0.560. The van der Waals surface area contributed by atoms with E-state index in [0.29, 0.717) is 0 Å². The maximum Gasteiger partial charge on any atom is 0.202 e. The van der Waals surface area contributed by atoms with Crippen LogP contribution in [0.3, 0.4) is 0 Å². The lowest BCUT2D eigenvalue weighted by atomic mass is 9.72. The largest absolute Gasteiger partial charge is 0.507 e. The first kappa shape index (κ1) is 29.9. The highest BCUT2D eigenvalue weighted by Crippen LogP contribution is 2.52. The van der Waals surface area contributed by atoms with Gasteiger partial charge in [0, 0.05) is 42.0 Å². The van der Waals surface area contributed by atoms with E-state index in [-0.39, 0.29) is 46.8 Å². The minimum Gasteiger partial charge on any atom is -0.507 e. The van der Waals surface area contributed by atoms with Crippen LogP contribution in [-0.2, 0) is 20.7 Å². The minimum atomic E-state index is -2.24. The fourth-order valence-corrected chi connectivity index (χ4v) is 5.75. The van der Waals surface area contributed by atoms with E-state index in [2.05, 4.69) is 0 Å². The summed E-state index contributed by atoms with van der Waals surface area (Å²) in [6, 6.07) is 3.64. The molecule has 1 aliphatic heterocycles. The van der Waals surface area contributed by atoms with Crippen LogP contribution in [0, 0.1) is 0 Å². The Labute approximate surface area is 234 Å². The molecule has 0 saturated carbocycles. The molecule has 3 aliphatic rings. The van der Waals surface area contributed by atoms with Gasteiger partial charge in [-0.15, -0.1) is 12.4 Å². The van der Waals surface area contributed by atoms with Gasteiger partial charge in [0.25, 0.3) is 0 Å². The molecule has 0 aromatic heterocycles. The second-order valence-corrected chi connectivity index (χ2v) is 10.2. The fraction of sp³-hybridized carbons (Fsp3) is 0.444. The summed E-state index contributed by atoms with van der Waals surface area (Å²) < 4.78 is 17.0. The van der Waals surface area contributed by atoms with Gasteiger partial charge < -0.3 is 45.5 Å². The number of carbonyl (C=O) groups is 3. The van der Waals surface area contributed by atoms with Crippen LogP contribution in [0.2, 0.25) is 0 Å². The molecule has 7 N–H and O–H groups in total. The molecule has 13 heteroatoms. The molecule has 1 fully saturated rings. The van der Waals surface area contributed by atoms with Crippen LogP contribution in [0.1, 0.15) is 68.8 Å². The number of aromatic hydroxyl groups is 2. The van der Waals surface area contributed by atoms with Gasteiger partial charge in [0.05, 0.1) is 42.1 Å². The van der Waals surface area contributed by atoms with E-state index in [4.69, 9.17) is 19.9 Å². The SMILES string of the molecule is COc1cccc2c1C(=O)c1c(O)c3c(c(O)c1C2=O)C[C@@](O)(C(=O)CO)C[C@@H]3OC1C[C@H](N)[C@H](O)[C@H](C)O1.Cl. The van der Waals surface area contributed by atoms with E-state index < -0.39 is 95.7 Å². The number of phenols is 2. The number of rotatable bonds is 5. The Balaban J connectivity index is 0.00000370. The van der Waals surface area contributed by atoms with Crippen molar-refractivity contribution in [2.75, 3.05) is 13.7 Å². The second kappa shape index (κ2) is 10.7. The summed E-state index contributed by atoms with van der Waals surface area (Å²) in [4.78, 5) is 39.7. The van der Waals surface area contributed by atoms with Crippen molar-refractivity contribution in [2.45, 2.75) is 62.4 Å². The van der Waals surface area contributed by atoms with Gasteiger partial charge in [-0.05, 0) is 13.0 Å². The lowest BCUT2D eigenvalue weighted by molar-refractivity contribution is -0.247. The van der Waals surface area contributed by atoms with E-state index in [9.17, 15) is 39.9 Å². The van der Waals surface area contributed by atoms with Gasteiger partial charge in [0.15, 0.2) is 17.9 Å². The molecule has 2 aliphatic carbocycles. The van der Waals surface area contributed by atoms with Gasteiger partial charge in [-0.3, -0.25) is 14.4 Å². The summed E-state index contributed by atoms with van der Waals surface area (Å²) in [5, 5.41) is 53.7. The first-order valence-corrected chi connectivity index (χ1v) is 12.4. The van der Waals surface area contributed by atoms with Gasteiger partial charge >= 0.3 is 0 Å². The maximum absolute atomic E-state index is 13.6. The second-order valence-electron chi connectivity index (χ2n) is 10.2. The van der Waals surface area contributed by atoms with Crippen molar-refractivity contribution in [1.82, 2.24) is 0 Å². The van der Waals surface area contributed by atoms with Crippen molar-refractivity contribution < 1.29 is 54.1 Å². The zero-order valence-corrected chi connectivity index (χ0v) is 22.4. The smallest absolute Gasteiger partial charge is 0.202 e. The number of aliphatic hydroxyl groups is 3. The summed E-state index contributed by atoms with van der Waals surface area (Å²) in [6.07, 6.45) is -5.12. The van der Waals surface area contributed by atoms with E-state index in [1.54, 1.807) is 6.92 Å². The maximum atomic E-state index is 13.6. The van der Waals surface area contributed by atoms with E-state index >= 15 is 0 Å². The Morgan fingerprint density at radius 3 is 2.45 bits per heavy atom. The zero-order chi connectivity index (χ0) is 28.4. The van der Waals surface area contributed by atoms with Gasteiger partial charge in [-0.2, -0.15) is 0 Å². The molecule has 1 heterocycles. The molecule has 2 aromatic carbocycles. The molecule has 0 amide bonds. The van der Waals surface area contributed by atoms with Gasteiger partial charge in [0.2, 0.25) is 5.78 Å². The van der Waals surface area contributed by atoms with Crippen LogP contribution >= 0.6 is 12.4 Å². The van der Waals surface area contributed by atoms with E-state index in [0.717, 1.165) is 0 Å². The third kappa shape index (κ3) is 4.45. The fourth-order valence-electron chi connectivity index (χ4n) is 5.75. The Hall–Kier alpha value is -3.10.